The summed E-state index contributed by atoms with van der Waals surface area (Å²) in [5.74, 6) is 0.690. The van der Waals surface area contributed by atoms with Crippen molar-refractivity contribution in [1.82, 2.24) is 15.3 Å². The smallest absolute Gasteiger partial charge is 0.205 e. The number of aliphatic imine (C=N–C) groups is 1. The van der Waals surface area contributed by atoms with Crippen LogP contribution in [0.3, 0.4) is 0 Å². The number of rotatable bonds is 4. The molecule has 1 unspecified atom stereocenters. The Kier molecular flexibility index (Phi) is 4.58. The summed E-state index contributed by atoms with van der Waals surface area (Å²) < 4.78 is 1.11. The average Bonchev–Trinajstić information content (AvgIpc) is 3.11. The fourth-order valence-corrected chi connectivity index (χ4v) is 3.81. The first kappa shape index (κ1) is 16.2. The molecule has 0 aliphatic carbocycles. The van der Waals surface area contributed by atoms with Crippen molar-refractivity contribution in [3.8, 4) is 6.07 Å². The topological polar surface area (TPSA) is 77.2 Å². The molecule has 0 amide bonds. The number of aromatic nitrogens is 2. The van der Waals surface area contributed by atoms with Crippen molar-refractivity contribution in [2.75, 3.05) is 4.90 Å². The maximum Gasteiger partial charge on any atom is 0.205 e. The minimum absolute atomic E-state index is 0.102. The van der Waals surface area contributed by atoms with E-state index in [1.807, 2.05) is 47.5 Å². The first-order chi connectivity index (χ1) is 12.8. The van der Waals surface area contributed by atoms with Crippen molar-refractivity contribution in [1.29, 1.82) is 5.26 Å². The van der Waals surface area contributed by atoms with E-state index in [1.54, 1.807) is 23.7 Å². The summed E-state index contributed by atoms with van der Waals surface area (Å²) in [6, 6.07) is 14.1. The molecule has 7 heteroatoms. The fourth-order valence-electron chi connectivity index (χ4n) is 2.78. The van der Waals surface area contributed by atoms with Gasteiger partial charge in [-0.3, -0.25) is 9.88 Å². The van der Waals surface area contributed by atoms with Crippen LogP contribution in [0.5, 0.6) is 0 Å². The van der Waals surface area contributed by atoms with Gasteiger partial charge in [0.15, 0.2) is 5.13 Å². The van der Waals surface area contributed by atoms with Gasteiger partial charge < -0.3 is 5.32 Å². The lowest BCUT2D eigenvalue weighted by Crippen LogP contribution is -2.48. The Morgan fingerprint density at radius 3 is 2.96 bits per heavy atom. The number of fused-ring (bicyclic) bond motifs is 1. The van der Waals surface area contributed by atoms with E-state index in [-0.39, 0.29) is 6.04 Å². The summed E-state index contributed by atoms with van der Waals surface area (Å²) >= 11 is 1.60. The van der Waals surface area contributed by atoms with Gasteiger partial charge in [0.25, 0.3) is 0 Å². The number of guanidine groups is 1. The van der Waals surface area contributed by atoms with Crippen LogP contribution in [0.15, 0.2) is 66.1 Å². The molecule has 4 rings (SSSR count). The van der Waals surface area contributed by atoms with E-state index in [9.17, 15) is 5.26 Å². The lowest BCUT2D eigenvalue weighted by molar-refractivity contribution is 0.761. The Bertz CT molecular complexity index is 969. The van der Waals surface area contributed by atoms with E-state index in [4.69, 9.17) is 4.98 Å². The lowest BCUT2D eigenvalue weighted by atomic mass is 10.2. The second-order valence-electron chi connectivity index (χ2n) is 5.77. The second kappa shape index (κ2) is 7.33. The van der Waals surface area contributed by atoms with Crippen molar-refractivity contribution in [2.45, 2.75) is 19.0 Å². The summed E-state index contributed by atoms with van der Waals surface area (Å²) in [5, 5.41) is 13.4. The van der Waals surface area contributed by atoms with Gasteiger partial charge in [0.05, 0.1) is 28.7 Å². The summed E-state index contributed by atoms with van der Waals surface area (Å²) in [6.45, 7) is 0.598. The molecule has 26 heavy (non-hydrogen) atoms. The van der Waals surface area contributed by atoms with Crippen LogP contribution in [0, 0.1) is 11.3 Å². The van der Waals surface area contributed by atoms with E-state index in [0.717, 1.165) is 20.9 Å². The normalized spacial score (nSPS) is 16.3. The molecule has 2 aromatic heterocycles. The Morgan fingerprint density at radius 2 is 2.15 bits per heavy atom. The number of nitrogens with zero attached hydrogens (tertiary/aromatic N) is 5. The zero-order valence-corrected chi connectivity index (χ0v) is 14.7. The molecular formula is C19H16N6S. The van der Waals surface area contributed by atoms with Crippen molar-refractivity contribution >= 4 is 32.6 Å². The van der Waals surface area contributed by atoms with Crippen LogP contribution in [0.1, 0.15) is 12.0 Å². The molecule has 0 spiro atoms. The molecule has 1 aliphatic rings. The molecule has 0 saturated carbocycles. The molecule has 1 aliphatic heterocycles. The number of thiazole rings is 1. The van der Waals surface area contributed by atoms with Crippen LogP contribution in [-0.2, 0) is 6.54 Å². The van der Waals surface area contributed by atoms with Gasteiger partial charge in [-0.15, -0.1) is 0 Å². The van der Waals surface area contributed by atoms with Gasteiger partial charge in [-0.2, -0.15) is 5.26 Å². The zero-order valence-electron chi connectivity index (χ0n) is 13.9. The van der Waals surface area contributed by atoms with Gasteiger partial charge in [-0.25, -0.2) is 9.98 Å². The standard InChI is InChI=1S/C19H16N6S/c20-9-7-15-8-11-22-18(23-13-14-4-3-10-21-12-14)25(15)19-24-16-5-1-2-6-17(16)26-19/h1-6,8,10-12,15H,7,13H2,(H,22,23). The van der Waals surface area contributed by atoms with Gasteiger partial charge >= 0.3 is 0 Å². The van der Waals surface area contributed by atoms with Crippen molar-refractivity contribution in [3.63, 3.8) is 0 Å². The molecular weight excluding hydrogens is 344 g/mol. The van der Waals surface area contributed by atoms with E-state index >= 15 is 0 Å². The molecule has 0 bridgehead atoms. The molecule has 6 nitrogen and oxygen atoms in total. The third-order valence-corrected chi connectivity index (χ3v) is 5.06. The summed E-state index contributed by atoms with van der Waals surface area (Å²) in [5.41, 5.74) is 2.01. The number of pyridine rings is 1. The highest BCUT2D eigenvalue weighted by Gasteiger charge is 2.27. The highest BCUT2D eigenvalue weighted by atomic mass is 32.1. The molecule has 0 radical (unpaired) electrons. The predicted molar refractivity (Wildman–Crippen MR) is 104 cm³/mol. The largest absolute Gasteiger partial charge is 0.351 e. The summed E-state index contributed by atoms with van der Waals surface area (Å²) in [7, 11) is 0. The summed E-state index contributed by atoms with van der Waals surface area (Å²) in [4.78, 5) is 15.4. The minimum Gasteiger partial charge on any atom is -0.351 e. The maximum absolute atomic E-state index is 9.22. The van der Waals surface area contributed by atoms with E-state index in [1.165, 1.54) is 0 Å². The Labute approximate surface area is 155 Å². The number of hydrogen-bond acceptors (Lipinski definition) is 7. The van der Waals surface area contributed by atoms with Crippen LogP contribution in [0.2, 0.25) is 0 Å². The second-order valence-corrected chi connectivity index (χ2v) is 6.78. The zero-order chi connectivity index (χ0) is 17.8. The third kappa shape index (κ3) is 3.27. The number of nitrogens with one attached hydrogen (secondary N) is 1. The fraction of sp³-hybridized carbons (Fsp3) is 0.158. The Balaban J connectivity index is 1.65. The molecule has 128 valence electrons. The quantitative estimate of drug-likeness (QED) is 0.771. The minimum atomic E-state index is -0.102. The molecule has 3 aromatic rings. The SMILES string of the molecule is N#CCC1C=CN=C(NCc2cccnc2)N1c1nc2ccccc2s1. The number of nitriles is 1. The average molecular weight is 360 g/mol. The van der Waals surface area contributed by atoms with E-state index < -0.39 is 0 Å². The molecule has 1 atom stereocenters. The molecule has 1 aromatic carbocycles. The van der Waals surface area contributed by atoms with Crippen LogP contribution in [-0.4, -0.2) is 22.0 Å². The number of hydrogen-bond donors (Lipinski definition) is 1. The maximum atomic E-state index is 9.22. The first-order valence-electron chi connectivity index (χ1n) is 8.24. The molecule has 0 saturated heterocycles. The predicted octanol–water partition coefficient (Wildman–Crippen LogP) is 3.45. The molecule has 1 N–H and O–H groups in total. The van der Waals surface area contributed by atoms with Gasteiger partial charge in [0.1, 0.15) is 0 Å². The molecule has 3 heterocycles. The highest BCUT2D eigenvalue weighted by Crippen LogP contribution is 2.31. The number of benzene rings is 1. The number of anilines is 1. The molecule has 0 fully saturated rings. The number of para-hydroxylation sites is 1. The third-order valence-electron chi connectivity index (χ3n) is 4.03. The van der Waals surface area contributed by atoms with Crippen molar-refractivity contribution in [2.24, 2.45) is 4.99 Å². The van der Waals surface area contributed by atoms with E-state index in [0.29, 0.717) is 18.9 Å². The van der Waals surface area contributed by atoms with Crippen LogP contribution >= 0.6 is 11.3 Å². The van der Waals surface area contributed by atoms with Crippen molar-refractivity contribution < 1.29 is 0 Å². The Hall–Kier alpha value is -3.24. The lowest BCUT2D eigenvalue weighted by Gasteiger charge is -2.31. The Morgan fingerprint density at radius 1 is 1.23 bits per heavy atom. The van der Waals surface area contributed by atoms with Crippen molar-refractivity contribution in [3.05, 3.63) is 66.6 Å². The monoisotopic (exact) mass is 360 g/mol. The van der Waals surface area contributed by atoms with Crippen LogP contribution in [0.25, 0.3) is 10.2 Å². The van der Waals surface area contributed by atoms with Gasteiger partial charge in [-0.1, -0.05) is 29.5 Å². The highest BCUT2D eigenvalue weighted by molar-refractivity contribution is 7.22. The van der Waals surface area contributed by atoms with E-state index in [2.05, 4.69) is 27.4 Å². The summed E-state index contributed by atoms with van der Waals surface area (Å²) in [6.07, 6.45) is 7.61. The van der Waals surface area contributed by atoms with Gasteiger partial charge in [0, 0.05) is 25.1 Å². The van der Waals surface area contributed by atoms with Crippen LogP contribution < -0.4 is 10.2 Å². The van der Waals surface area contributed by atoms with Gasteiger partial charge in [0.2, 0.25) is 5.96 Å². The first-order valence-corrected chi connectivity index (χ1v) is 9.06. The van der Waals surface area contributed by atoms with Crippen LogP contribution in [0.4, 0.5) is 5.13 Å². The van der Waals surface area contributed by atoms with Gasteiger partial charge in [-0.05, 0) is 29.8 Å².